The van der Waals surface area contributed by atoms with Crippen LogP contribution in [0.3, 0.4) is 0 Å². The van der Waals surface area contributed by atoms with Crippen LogP contribution in [0.5, 0.6) is 0 Å². The average molecular weight is 604 g/mol. The minimum Gasteiger partial charge on any atom is -1.00 e. The normalized spacial score (nSPS) is 10.8. The summed E-state index contributed by atoms with van der Waals surface area (Å²) in [5, 5.41) is 0. The second-order valence-electron chi connectivity index (χ2n) is 12.9. The third-order valence-electron chi connectivity index (χ3n) is 7.73. The molecule has 0 aliphatic carbocycles. The smallest absolute Gasteiger partial charge is 0.168 e. The van der Waals surface area contributed by atoms with Crippen LogP contribution in [-0.2, 0) is 6.54 Å². The Bertz CT molecular complexity index is 560. The lowest BCUT2D eigenvalue weighted by molar-refractivity contribution is -0.870. The van der Waals surface area contributed by atoms with E-state index in [0.717, 1.165) is 4.48 Å². The minimum atomic E-state index is 0. The number of hydrogen-bond acceptors (Lipinski definition) is 0. The van der Waals surface area contributed by atoms with Gasteiger partial charge in [0.15, 0.2) is 12.4 Å². The summed E-state index contributed by atoms with van der Waals surface area (Å²) in [5.41, 5.74) is 0. The molecule has 0 N–H and O–H groups in total. The molecule has 0 atom stereocenters. The topological polar surface area (TPSA) is 3.88 Å². The summed E-state index contributed by atoms with van der Waals surface area (Å²) in [6.45, 7) is 7.09. The highest BCUT2D eigenvalue weighted by Crippen LogP contribution is 2.13. The van der Waals surface area contributed by atoms with E-state index in [1.54, 1.807) is 0 Å². The van der Waals surface area contributed by atoms with Gasteiger partial charge in [-0.25, -0.2) is 4.57 Å². The summed E-state index contributed by atoms with van der Waals surface area (Å²) in [7, 11) is 6.88. The highest BCUT2D eigenvalue weighted by Gasteiger charge is 2.05. The molecule has 0 spiro atoms. The first-order chi connectivity index (χ1) is 18.5. The van der Waals surface area contributed by atoms with Gasteiger partial charge >= 0.3 is 0 Å². The molecule has 0 radical (unpaired) electrons. The molecule has 1 heterocycles. The highest BCUT2D eigenvalue weighted by atomic mass is 35.5. The van der Waals surface area contributed by atoms with Crippen LogP contribution >= 0.6 is 0 Å². The van der Waals surface area contributed by atoms with Crippen LogP contribution in [0.2, 0.25) is 0 Å². The lowest BCUT2D eigenvalue weighted by atomic mass is 10.0. The number of aromatic nitrogens is 1. The Hall–Kier alpha value is -0.310. The van der Waals surface area contributed by atoms with Gasteiger partial charge in [-0.05, 0) is 19.3 Å². The first-order valence-corrected chi connectivity index (χ1v) is 17.2. The van der Waals surface area contributed by atoms with Crippen molar-refractivity contribution in [3.8, 4) is 0 Å². The standard InChI is InChI=1S/C19H42N.C17H30N.2ClH/c1-5-6-7-8-9-10-11-12-13-14-15-16-17-18-19-20(2,3)4;1-2-3-4-5-6-7-8-9-10-12-15-18-16-13-11-14-17-18;;/h5-19H2,1-4H3;11,13-14,16-17H,2-10,12,15H2,1H3;2*1H/q2*+1;;/p-2. The van der Waals surface area contributed by atoms with Gasteiger partial charge in [-0.2, -0.15) is 0 Å². The van der Waals surface area contributed by atoms with Crippen molar-refractivity contribution in [2.24, 2.45) is 0 Å². The lowest BCUT2D eigenvalue weighted by Crippen LogP contribution is -3.00. The van der Waals surface area contributed by atoms with Gasteiger partial charge in [-0.1, -0.05) is 148 Å². The first kappa shape index (κ1) is 44.1. The van der Waals surface area contributed by atoms with Crippen LogP contribution < -0.4 is 29.4 Å². The SMILES string of the molecule is CCCCCCCCCCCCCCCC[N+](C)(C)C.CCCCCCCCCCCC[n+]1ccccc1.[Cl-].[Cl-]. The number of halogens is 2. The zero-order chi connectivity index (χ0) is 28.0. The number of nitrogens with zero attached hydrogens (tertiary/aromatic N) is 2. The van der Waals surface area contributed by atoms with Crippen molar-refractivity contribution >= 4 is 0 Å². The number of unbranched alkanes of at least 4 members (excludes halogenated alkanes) is 22. The molecule has 0 saturated carbocycles. The fraction of sp³-hybridized carbons (Fsp3) is 0.861. The van der Waals surface area contributed by atoms with E-state index in [9.17, 15) is 0 Å². The fourth-order valence-corrected chi connectivity index (χ4v) is 5.15. The van der Waals surface area contributed by atoms with Gasteiger partial charge in [-0.15, -0.1) is 0 Å². The maximum atomic E-state index is 2.29. The van der Waals surface area contributed by atoms with E-state index in [1.807, 2.05) is 0 Å². The minimum absolute atomic E-state index is 0. The van der Waals surface area contributed by atoms with E-state index < -0.39 is 0 Å². The van der Waals surface area contributed by atoms with Crippen molar-refractivity contribution in [3.63, 3.8) is 0 Å². The van der Waals surface area contributed by atoms with E-state index in [-0.39, 0.29) is 24.8 Å². The summed E-state index contributed by atoms with van der Waals surface area (Å²) in [6, 6.07) is 6.29. The summed E-state index contributed by atoms with van der Waals surface area (Å²) in [5.74, 6) is 0. The zero-order valence-electron chi connectivity index (χ0n) is 27.9. The number of rotatable bonds is 26. The fourth-order valence-electron chi connectivity index (χ4n) is 5.15. The Balaban J connectivity index is -0.000000654. The van der Waals surface area contributed by atoms with Gasteiger partial charge in [0.2, 0.25) is 0 Å². The molecule has 240 valence electrons. The highest BCUT2D eigenvalue weighted by molar-refractivity contribution is 4.83. The van der Waals surface area contributed by atoms with E-state index in [4.69, 9.17) is 0 Å². The molecule has 1 aromatic rings. The van der Waals surface area contributed by atoms with Gasteiger partial charge in [0.1, 0.15) is 6.54 Å². The maximum Gasteiger partial charge on any atom is 0.168 e. The number of quaternary nitrogens is 1. The van der Waals surface area contributed by atoms with Crippen molar-refractivity contribution in [1.29, 1.82) is 0 Å². The second kappa shape index (κ2) is 34.9. The molecule has 0 fully saturated rings. The van der Waals surface area contributed by atoms with Crippen molar-refractivity contribution in [2.45, 2.75) is 174 Å². The molecule has 4 heteroatoms. The summed E-state index contributed by atoms with van der Waals surface area (Å²) in [6.07, 6.45) is 38.8. The number of pyridine rings is 1. The van der Waals surface area contributed by atoms with E-state index in [2.05, 4.69) is 70.2 Å². The van der Waals surface area contributed by atoms with Crippen LogP contribution in [0.25, 0.3) is 0 Å². The summed E-state index contributed by atoms with van der Waals surface area (Å²) < 4.78 is 3.41. The zero-order valence-corrected chi connectivity index (χ0v) is 29.4. The summed E-state index contributed by atoms with van der Waals surface area (Å²) >= 11 is 0. The molecular formula is C36H72Cl2N2. The van der Waals surface area contributed by atoms with Crippen LogP contribution in [-0.4, -0.2) is 32.2 Å². The van der Waals surface area contributed by atoms with Gasteiger partial charge in [0.05, 0.1) is 27.7 Å². The monoisotopic (exact) mass is 603 g/mol. The van der Waals surface area contributed by atoms with E-state index >= 15 is 0 Å². The van der Waals surface area contributed by atoms with Gasteiger partial charge in [0, 0.05) is 18.6 Å². The van der Waals surface area contributed by atoms with Gasteiger partial charge in [-0.3, -0.25) is 0 Å². The predicted octanol–water partition coefficient (Wildman–Crippen LogP) is 5.08. The van der Waals surface area contributed by atoms with E-state index in [1.165, 1.54) is 167 Å². The molecule has 0 saturated heterocycles. The molecular weight excluding hydrogens is 531 g/mol. The Morgan fingerprint density at radius 1 is 0.400 bits per heavy atom. The van der Waals surface area contributed by atoms with Crippen LogP contribution in [0.15, 0.2) is 30.6 Å². The molecule has 1 rings (SSSR count). The largest absolute Gasteiger partial charge is 1.00 e. The van der Waals surface area contributed by atoms with E-state index in [0.29, 0.717) is 0 Å². The van der Waals surface area contributed by atoms with Crippen LogP contribution in [0, 0.1) is 0 Å². The predicted molar refractivity (Wildman–Crippen MR) is 172 cm³/mol. The maximum absolute atomic E-state index is 2.29. The Labute approximate surface area is 265 Å². The first-order valence-electron chi connectivity index (χ1n) is 17.2. The van der Waals surface area contributed by atoms with Crippen molar-refractivity contribution in [3.05, 3.63) is 30.6 Å². The number of aryl methyl sites for hydroxylation is 1. The molecule has 0 aliphatic rings. The Kier molecular flexibility index (Phi) is 38.5. The van der Waals surface area contributed by atoms with Crippen LogP contribution in [0.1, 0.15) is 168 Å². The van der Waals surface area contributed by atoms with Crippen molar-refractivity contribution in [1.82, 2.24) is 0 Å². The van der Waals surface area contributed by atoms with Gasteiger partial charge < -0.3 is 29.3 Å². The van der Waals surface area contributed by atoms with Crippen LogP contribution in [0.4, 0.5) is 0 Å². The summed E-state index contributed by atoms with van der Waals surface area (Å²) in [4.78, 5) is 0. The number of hydrogen-bond donors (Lipinski definition) is 0. The Morgan fingerprint density at radius 3 is 1.02 bits per heavy atom. The third-order valence-corrected chi connectivity index (χ3v) is 7.73. The molecule has 40 heavy (non-hydrogen) atoms. The molecule has 0 unspecified atom stereocenters. The van der Waals surface area contributed by atoms with Gasteiger partial charge in [0.25, 0.3) is 0 Å². The molecule has 0 aliphatic heterocycles. The third kappa shape index (κ3) is 37.7. The molecule has 1 aromatic heterocycles. The molecule has 0 aromatic carbocycles. The molecule has 0 amide bonds. The lowest BCUT2D eigenvalue weighted by Gasteiger charge is -2.23. The average Bonchev–Trinajstić information content (AvgIpc) is 2.90. The van der Waals surface area contributed by atoms with Crippen molar-refractivity contribution in [2.75, 3.05) is 27.7 Å². The molecule has 2 nitrogen and oxygen atoms in total. The second-order valence-corrected chi connectivity index (χ2v) is 12.9. The van der Waals surface area contributed by atoms with Crippen molar-refractivity contribution < 1.29 is 33.9 Å². The Morgan fingerprint density at radius 2 is 0.700 bits per heavy atom. The molecule has 0 bridgehead atoms. The quantitative estimate of drug-likeness (QED) is 0.0791.